The number of benzene rings is 1. The monoisotopic (exact) mass is 424 g/mol. The normalized spacial score (nSPS) is 10.5. The third-order valence-corrected chi connectivity index (χ3v) is 4.78. The van der Waals surface area contributed by atoms with Crippen LogP contribution in [0.2, 0.25) is 0 Å². The van der Waals surface area contributed by atoms with Gasteiger partial charge in [-0.1, -0.05) is 0 Å². The van der Waals surface area contributed by atoms with E-state index >= 15 is 0 Å². The Morgan fingerprint density at radius 2 is 1.68 bits per heavy atom. The zero-order chi connectivity index (χ0) is 22.4. The molecule has 3 rings (SSSR count). The van der Waals surface area contributed by atoms with E-state index in [1.807, 2.05) is 0 Å². The van der Waals surface area contributed by atoms with Crippen LogP contribution in [0, 0.1) is 6.92 Å². The number of rotatable bonds is 8. The molecule has 9 nitrogen and oxygen atoms in total. The third-order valence-electron chi connectivity index (χ3n) is 4.78. The molecule has 0 unspecified atom stereocenters. The molecule has 2 N–H and O–H groups in total. The highest BCUT2D eigenvalue weighted by molar-refractivity contribution is 5.79. The molecule has 2 heterocycles. The molecule has 0 saturated heterocycles. The summed E-state index contributed by atoms with van der Waals surface area (Å²) in [6.45, 7) is 1.90. The van der Waals surface area contributed by atoms with Gasteiger partial charge in [0, 0.05) is 47.4 Å². The van der Waals surface area contributed by atoms with Gasteiger partial charge in [-0.25, -0.2) is 4.98 Å². The van der Waals surface area contributed by atoms with Gasteiger partial charge in [0.25, 0.3) is 5.56 Å². The van der Waals surface area contributed by atoms with Gasteiger partial charge >= 0.3 is 0 Å². The first kappa shape index (κ1) is 21.8. The Hall–Kier alpha value is -3.88. The van der Waals surface area contributed by atoms with E-state index in [2.05, 4.69) is 20.3 Å². The molecule has 162 valence electrons. The van der Waals surface area contributed by atoms with E-state index in [0.717, 1.165) is 5.56 Å². The van der Waals surface area contributed by atoms with Gasteiger partial charge in [-0.2, -0.15) is 0 Å². The zero-order valence-electron chi connectivity index (χ0n) is 17.8. The van der Waals surface area contributed by atoms with Crippen molar-refractivity contribution < 1.29 is 19.0 Å². The smallest absolute Gasteiger partial charge is 0.255 e. The maximum absolute atomic E-state index is 12.6. The van der Waals surface area contributed by atoms with E-state index in [1.165, 1.54) is 21.3 Å². The molecule has 31 heavy (non-hydrogen) atoms. The number of aromatic amines is 1. The van der Waals surface area contributed by atoms with Crippen molar-refractivity contribution in [1.82, 2.24) is 20.3 Å². The van der Waals surface area contributed by atoms with E-state index in [4.69, 9.17) is 14.2 Å². The van der Waals surface area contributed by atoms with Gasteiger partial charge < -0.3 is 24.5 Å². The third kappa shape index (κ3) is 5.00. The number of ether oxygens (including phenoxy) is 3. The standard InChI is InChI=1S/C22H24N4O5/c1-13-16(22(28)26-21(25-13)14-5-7-23-8-6-14)10-20(27)24-12-15-9-18(30-3)19(31-4)11-17(15)29-2/h5-9,11H,10,12H2,1-4H3,(H,24,27)(H,25,26,28). The van der Waals surface area contributed by atoms with Crippen LogP contribution in [0.1, 0.15) is 16.8 Å². The second-order valence-corrected chi connectivity index (χ2v) is 6.69. The van der Waals surface area contributed by atoms with E-state index in [-0.39, 0.29) is 24.4 Å². The zero-order valence-corrected chi connectivity index (χ0v) is 17.8. The molecule has 9 heteroatoms. The summed E-state index contributed by atoms with van der Waals surface area (Å²) in [7, 11) is 4.60. The van der Waals surface area contributed by atoms with E-state index in [1.54, 1.807) is 43.6 Å². The molecule has 0 bridgehead atoms. The van der Waals surface area contributed by atoms with Gasteiger partial charge in [0.15, 0.2) is 11.5 Å². The summed E-state index contributed by atoms with van der Waals surface area (Å²) in [5.74, 6) is 1.72. The number of pyridine rings is 1. The lowest BCUT2D eigenvalue weighted by molar-refractivity contribution is -0.120. The maximum atomic E-state index is 12.6. The minimum Gasteiger partial charge on any atom is -0.496 e. The molecular formula is C22H24N4O5. The Kier molecular flexibility index (Phi) is 6.86. The predicted molar refractivity (Wildman–Crippen MR) is 114 cm³/mol. The van der Waals surface area contributed by atoms with Crippen LogP contribution in [0.15, 0.2) is 41.5 Å². The second-order valence-electron chi connectivity index (χ2n) is 6.69. The van der Waals surface area contributed by atoms with Crippen molar-refractivity contribution in [2.45, 2.75) is 19.9 Å². The quantitative estimate of drug-likeness (QED) is 0.568. The summed E-state index contributed by atoms with van der Waals surface area (Å²) in [5, 5.41) is 2.81. The number of nitrogens with one attached hydrogen (secondary N) is 2. The van der Waals surface area contributed by atoms with Gasteiger partial charge in [0.05, 0.1) is 27.8 Å². The van der Waals surface area contributed by atoms with Crippen molar-refractivity contribution in [3.8, 4) is 28.6 Å². The number of carbonyl (C=O) groups is 1. The van der Waals surface area contributed by atoms with Gasteiger partial charge in [-0.15, -0.1) is 0 Å². The molecule has 0 atom stereocenters. The lowest BCUT2D eigenvalue weighted by Crippen LogP contribution is -2.29. The lowest BCUT2D eigenvalue weighted by Gasteiger charge is -2.14. The summed E-state index contributed by atoms with van der Waals surface area (Å²) < 4.78 is 15.9. The number of aryl methyl sites for hydroxylation is 1. The molecule has 0 aliphatic rings. The molecule has 0 aliphatic carbocycles. The van der Waals surface area contributed by atoms with Crippen LogP contribution in [-0.2, 0) is 17.8 Å². The Morgan fingerprint density at radius 3 is 2.29 bits per heavy atom. The fourth-order valence-electron chi connectivity index (χ4n) is 3.11. The number of H-pyrrole nitrogens is 1. The number of nitrogens with zero attached hydrogens (tertiary/aromatic N) is 2. The number of carbonyl (C=O) groups excluding carboxylic acids is 1. The lowest BCUT2D eigenvalue weighted by atomic mass is 10.1. The van der Waals surface area contributed by atoms with E-state index in [9.17, 15) is 9.59 Å². The molecule has 3 aromatic rings. The van der Waals surface area contributed by atoms with Crippen LogP contribution < -0.4 is 25.1 Å². The number of hydrogen-bond donors (Lipinski definition) is 2. The van der Waals surface area contributed by atoms with E-state index < -0.39 is 0 Å². The average molecular weight is 424 g/mol. The largest absolute Gasteiger partial charge is 0.496 e. The minimum absolute atomic E-state index is 0.0968. The minimum atomic E-state index is -0.349. The van der Waals surface area contributed by atoms with Crippen molar-refractivity contribution in [1.29, 1.82) is 0 Å². The summed E-state index contributed by atoms with van der Waals surface area (Å²) >= 11 is 0. The number of amides is 1. The molecule has 1 aromatic carbocycles. The molecule has 0 saturated carbocycles. The fraction of sp³-hybridized carbons (Fsp3) is 0.273. The van der Waals surface area contributed by atoms with Gasteiger partial charge in [-0.3, -0.25) is 14.6 Å². The van der Waals surface area contributed by atoms with Crippen LogP contribution in [0.5, 0.6) is 17.2 Å². The van der Waals surface area contributed by atoms with Crippen molar-refractivity contribution >= 4 is 5.91 Å². The second kappa shape index (κ2) is 9.75. The predicted octanol–water partition coefficient (Wildman–Crippen LogP) is 2.03. The van der Waals surface area contributed by atoms with Crippen LogP contribution in [0.4, 0.5) is 0 Å². The summed E-state index contributed by atoms with van der Waals surface area (Å²) in [6, 6.07) is 6.93. The molecule has 2 aromatic heterocycles. The van der Waals surface area contributed by atoms with Gasteiger partial charge in [-0.05, 0) is 25.1 Å². The molecule has 0 spiro atoms. The van der Waals surface area contributed by atoms with Crippen molar-refractivity contribution in [2.24, 2.45) is 0 Å². The summed E-state index contributed by atoms with van der Waals surface area (Å²) in [6.07, 6.45) is 3.14. The van der Waals surface area contributed by atoms with Crippen LogP contribution in [0.3, 0.4) is 0 Å². The van der Waals surface area contributed by atoms with Gasteiger partial charge in [0.1, 0.15) is 11.6 Å². The highest BCUT2D eigenvalue weighted by Gasteiger charge is 2.16. The van der Waals surface area contributed by atoms with Crippen LogP contribution in [-0.4, -0.2) is 42.2 Å². The van der Waals surface area contributed by atoms with Crippen molar-refractivity contribution in [2.75, 3.05) is 21.3 Å². The molecule has 0 fully saturated rings. The first-order valence-electron chi connectivity index (χ1n) is 9.52. The maximum Gasteiger partial charge on any atom is 0.255 e. The fourth-order valence-corrected chi connectivity index (χ4v) is 3.11. The Bertz CT molecular complexity index is 1130. The van der Waals surface area contributed by atoms with Crippen molar-refractivity contribution in [3.05, 3.63) is 63.8 Å². The summed E-state index contributed by atoms with van der Waals surface area (Å²) in [5.41, 5.74) is 1.92. The topological polar surface area (TPSA) is 115 Å². The number of methoxy groups -OCH3 is 3. The Morgan fingerprint density at radius 1 is 1.03 bits per heavy atom. The first-order valence-corrected chi connectivity index (χ1v) is 9.52. The number of aromatic nitrogens is 3. The Labute approximate surface area is 179 Å². The molecular weight excluding hydrogens is 400 g/mol. The average Bonchev–Trinajstić information content (AvgIpc) is 2.79. The first-order chi connectivity index (χ1) is 15.0. The SMILES string of the molecule is COc1cc(OC)c(OC)cc1CNC(=O)Cc1c(C)nc(-c2ccncc2)[nH]c1=O. The van der Waals surface area contributed by atoms with Crippen LogP contribution >= 0.6 is 0 Å². The highest BCUT2D eigenvalue weighted by Crippen LogP contribution is 2.34. The van der Waals surface area contributed by atoms with Gasteiger partial charge in [0.2, 0.25) is 5.91 Å². The van der Waals surface area contributed by atoms with Crippen LogP contribution in [0.25, 0.3) is 11.4 Å². The van der Waals surface area contributed by atoms with Crippen molar-refractivity contribution in [3.63, 3.8) is 0 Å². The van der Waals surface area contributed by atoms with E-state index in [0.29, 0.717) is 39.9 Å². The summed E-state index contributed by atoms with van der Waals surface area (Å²) in [4.78, 5) is 36.2. The molecule has 0 aliphatic heterocycles. The highest BCUT2D eigenvalue weighted by atomic mass is 16.5. The molecule has 1 amide bonds. The molecule has 0 radical (unpaired) electrons. The Balaban J connectivity index is 1.74. The number of hydrogen-bond acceptors (Lipinski definition) is 7.